The maximum absolute atomic E-state index is 12.6. The van der Waals surface area contributed by atoms with Crippen molar-refractivity contribution >= 4 is 22.2 Å². The lowest BCUT2D eigenvalue weighted by molar-refractivity contribution is -0.137. The molecule has 0 radical (unpaired) electrons. The molecule has 0 saturated carbocycles. The zero-order chi connectivity index (χ0) is 14.8. The van der Waals surface area contributed by atoms with E-state index in [0.29, 0.717) is 22.0 Å². The van der Waals surface area contributed by atoms with E-state index >= 15 is 0 Å². The van der Waals surface area contributed by atoms with Gasteiger partial charge in [0.15, 0.2) is 5.00 Å². The number of rotatable bonds is 3. The molecule has 8 heteroatoms. The van der Waals surface area contributed by atoms with Crippen LogP contribution in [0.1, 0.15) is 23.7 Å². The van der Waals surface area contributed by atoms with Crippen molar-refractivity contribution in [1.82, 2.24) is 9.59 Å². The first-order valence-corrected chi connectivity index (χ1v) is 6.42. The fraction of sp³-hybridized carbons (Fsp3) is 0.250. The van der Waals surface area contributed by atoms with Gasteiger partial charge in [-0.25, -0.2) is 0 Å². The predicted molar refractivity (Wildman–Crippen MR) is 71.9 cm³/mol. The highest BCUT2D eigenvalue weighted by molar-refractivity contribution is 7.10. The van der Waals surface area contributed by atoms with Crippen LogP contribution >= 0.6 is 11.5 Å². The molecule has 0 amide bonds. The third-order valence-electron chi connectivity index (χ3n) is 2.58. The Bertz CT molecular complexity index is 634. The van der Waals surface area contributed by atoms with Gasteiger partial charge in [-0.1, -0.05) is 16.6 Å². The number of aromatic nitrogens is 2. The van der Waals surface area contributed by atoms with Gasteiger partial charge in [-0.2, -0.15) is 18.3 Å². The second kappa shape index (κ2) is 5.58. The highest BCUT2D eigenvalue weighted by atomic mass is 32.1. The fourth-order valence-electron chi connectivity index (χ4n) is 1.46. The van der Waals surface area contributed by atoms with E-state index in [-0.39, 0.29) is 0 Å². The summed E-state index contributed by atoms with van der Waals surface area (Å²) < 4.78 is 41.6. The van der Waals surface area contributed by atoms with Crippen LogP contribution < -0.4 is 5.43 Å². The van der Waals surface area contributed by atoms with Crippen LogP contribution in [-0.4, -0.2) is 15.3 Å². The van der Waals surface area contributed by atoms with Crippen molar-refractivity contribution in [1.29, 1.82) is 0 Å². The standard InChI is InChI=1S/C12H11F3N4S/c1-7(16-18-11-8(2)17-19-20-11)9-4-3-5-10(6-9)12(13,14)15/h3-6,18H,1-2H3/b16-7+. The molecule has 0 spiro atoms. The largest absolute Gasteiger partial charge is 0.416 e. The molecule has 1 N–H and O–H groups in total. The van der Waals surface area contributed by atoms with E-state index in [2.05, 4.69) is 20.1 Å². The molecule has 106 valence electrons. The van der Waals surface area contributed by atoms with Crippen LogP contribution in [0.3, 0.4) is 0 Å². The van der Waals surface area contributed by atoms with Crippen LogP contribution in [0.15, 0.2) is 29.4 Å². The predicted octanol–water partition coefficient (Wildman–Crippen LogP) is 3.70. The fourth-order valence-corrected chi connectivity index (χ4v) is 1.96. The van der Waals surface area contributed by atoms with E-state index in [0.717, 1.165) is 23.7 Å². The molecule has 1 heterocycles. The molecule has 20 heavy (non-hydrogen) atoms. The number of anilines is 1. The van der Waals surface area contributed by atoms with Gasteiger partial charge in [-0.15, -0.1) is 5.10 Å². The lowest BCUT2D eigenvalue weighted by Crippen LogP contribution is -2.07. The van der Waals surface area contributed by atoms with Gasteiger partial charge in [0.25, 0.3) is 0 Å². The number of hydrogen-bond donors (Lipinski definition) is 1. The average Bonchev–Trinajstić information content (AvgIpc) is 2.81. The molecule has 0 saturated heterocycles. The quantitative estimate of drug-likeness (QED) is 0.694. The summed E-state index contributed by atoms with van der Waals surface area (Å²) in [7, 11) is 0. The smallest absolute Gasteiger partial charge is 0.265 e. The Morgan fingerprint density at radius 3 is 2.70 bits per heavy atom. The van der Waals surface area contributed by atoms with Crippen molar-refractivity contribution in [2.24, 2.45) is 5.10 Å². The summed E-state index contributed by atoms with van der Waals surface area (Å²) in [6.07, 6.45) is -4.36. The number of benzene rings is 1. The molecule has 1 aromatic heterocycles. The van der Waals surface area contributed by atoms with Crippen molar-refractivity contribution < 1.29 is 13.2 Å². The van der Waals surface area contributed by atoms with Gasteiger partial charge in [0, 0.05) is 11.5 Å². The van der Waals surface area contributed by atoms with E-state index in [1.165, 1.54) is 6.07 Å². The number of nitrogens with zero attached hydrogens (tertiary/aromatic N) is 3. The third-order valence-corrected chi connectivity index (χ3v) is 3.32. The van der Waals surface area contributed by atoms with Crippen molar-refractivity contribution in [3.8, 4) is 0 Å². The Hall–Kier alpha value is -1.96. The number of hydrogen-bond acceptors (Lipinski definition) is 5. The van der Waals surface area contributed by atoms with Crippen molar-refractivity contribution in [2.75, 3.05) is 5.43 Å². The molecule has 0 aliphatic heterocycles. The Labute approximate surface area is 117 Å². The van der Waals surface area contributed by atoms with Crippen molar-refractivity contribution in [3.05, 3.63) is 41.1 Å². The molecule has 0 unspecified atom stereocenters. The number of halogens is 3. The Morgan fingerprint density at radius 1 is 1.35 bits per heavy atom. The molecule has 4 nitrogen and oxygen atoms in total. The molecule has 2 rings (SSSR count). The van der Waals surface area contributed by atoms with E-state index in [1.807, 2.05) is 0 Å². The van der Waals surface area contributed by atoms with Crippen LogP contribution in [0.4, 0.5) is 18.2 Å². The second-order valence-electron chi connectivity index (χ2n) is 4.08. The topological polar surface area (TPSA) is 50.2 Å². The van der Waals surface area contributed by atoms with Crippen LogP contribution in [0.2, 0.25) is 0 Å². The van der Waals surface area contributed by atoms with Crippen LogP contribution in [-0.2, 0) is 6.18 Å². The molecule has 1 aromatic carbocycles. The third kappa shape index (κ3) is 3.32. The van der Waals surface area contributed by atoms with Gasteiger partial charge >= 0.3 is 6.18 Å². The first-order chi connectivity index (χ1) is 9.38. The van der Waals surface area contributed by atoms with Gasteiger partial charge in [-0.3, -0.25) is 5.43 Å². The lowest BCUT2D eigenvalue weighted by Gasteiger charge is -2.08. The number of nitrogens with one attached hydrogen (secondary N) is 1. The summed E-state index contributed by atoms with van der Waals surface area (Å²) in [6.45, 7) is 3.40. The Kier molecular flexibility index (Phi) is 4.03. The van der Waals surface area contributed by atoms with Crippen LogP contribution in [0, 0.1) is 6.92 Å². The average molecular weight is 300 g/mol. The summed E-state index contributed by atoms with van der Waals surface area (Å²) in [5.41, 5.74) is 3.60. The monoisotopic (exact) mass is 300 g/mol. The van der Waals surface area contributed by atoms with Gasteiger partial charge in [0.1, 0.15) is 0 Å². The molecule has 0 fully saturated rings. The molecule has 0 atom stereocenters. The summed E-state index contributed by atoms with van der Waals surface area (Å²) in [5, 5.41) is 8.52. The summed E-state index contributed by atoms with van der Waals surface area (Å²) in [4.78, 5) is 0. The number of alkyl halides is 3. The zero-order valence-corrected chi connectivity index (χ0v) is 11.5. The summed E-state index contributed by atoms with van der Waals surface area (Å²) in [6, 6.07) is 5.03. The molecular weight excluding hydrogens is 289 g/mol. The molecule has 2 aromatic rings. The minimum absolute atomic E-state index is 0.405. The Balaban J connectivity index is 2.21. The van der Waals surface area contributed by atoms with Crippen molar-refractivity contribution in [2.45, 2.75) is 20.0 Å². The van der Waals surface area contributed by atoms with Gasteiger partial charge in [-0.05, 0) is 31.5 Å². The maximum Gasteiger partial charge on any atom is 0.416 e. The number of aryl methyl sites for hydroxylation is 1. The molecule has 0 aliphatic carbocycles. The van der Waals surface area contributed by atoms with E-state index in [4.69, 9.17) is 0 Å². The van der Waals surface area contributed by atoms with E-state index < -0.39 is 11.7 Å². The minimum atomic E-state index is -4.36. The van der Waals surface area contributed by atoms with Crippen molar-refractivity contribution in [3.63, 3.8) is 0 Å². The first-order valence-electron chi connectivity index (χ1n) is 5.65. The maximum atomic E-state index is 12.6. The normalized spacial score (nSPS) is 12.6. The molecule has 0 aliphatic rings. The Morgan fingerprint density at radius 2 is 2.10 bits per heavy atom. The van der Waals surface area contributed by atoms with E-state index in [9.17, 15) is 13.2 Å². The van der Waals surface area contributed by atoms with Crippen LogP contribution in [0.5, 0.6) is 0 Å². The second-order valence-corrected chi connectivity index (χ2v) is 4.83. The SMILES string of the molecule is C/C(=N\Nc1snnc1C)c1cccc(C(F)(F)F)c1. The highest BCUT2D eigenvalue weighted by Gasteiger charge is 2.30. The lowest BCUT2D eigenvalue weighted by atomic mass is 10.1. The summed E-state index contributed by atoms with van der Waals surface area (Å²) >= 11 is 1.13. The van der Waals surface area contributed by atoms with Gasteiger partial charge in [0.2, 0.25) is 0 Å². The zero-order valence-electron chi connectivity index (χ0n) is 10.7. The highest BCUT2D eigenvalue weighted by Crippen LogP contribution is 2.29. The summed E-state index contributed by atoms with van der Waals surface area (Å²) in [5.74, 6) is 0. The van der Waals surface area contributed by atoms with Gasteiger partial charge in [0.05, 0.1) is 17.0 Å². The minimum Gasteiger partial charge on any atom is -0.265 e. The number of hydrazone groups is 1. The first kappa shape index (κ1) is 14.4. The van der Waals surface area contributed by atoms with Crippen LogP contribution in [0.25, 0.3) is 0 Å². The van der Waals surface area contributed by atoms with E-state index in [1.54, 1.807) is 19.9 Å². The molecule has 0 bridgehead atoms. The van der Waals surface area contributed by atoms with Gasteiger partial charge < -0.3 is 0 Å². The molecular formula is C12H11F3N4S.